The fourth-order valence-corrected chi connectivity index (χ4v) is 6.39. The van der Waals surface area contributed by atoms with Gasteiger partial charge in [-0.2, -0.15) is 0 Å². The minimum Gasteiger partial charge on any atom is -0.497 e. The zero-order valence-corrected chi connectivity index (χ0v) is 21.4. The Labute approximate surface area is 218 Å². The van der Waals surface area contributed by atoms with Crippen molar-refractivity contribution in [3.8, 4) is 39.1 Å². The summed E-state index contributed by atoms with van der Waals surface area (Å²) in [4.78, 5) is 0. The van der Waals surface area contributed by atoms with E-state index < -0.39 is 0 Å². The van der Waals surface area contributed by atoms with Gasteiger partial charge in [0.25, 0.3) is 0 Å². The fraction of sp³-hybridized carbons (Fsp3) is 0.111. The normalized spacial score (nSPS) is 13.5. The highest BCUT2D eigenvalue weighted by Crippen LogP contribution is 2.51. The average Bonchev–Trinajstić information content (AvgIpc) is 3.17. The van der Waals surface area contributed by atoms with Crippen LogP contribution in [0, 0.1) is 0 Å². The molecule has 0 saturated heterocycles. The van der Waals surface area contributed by atoms with Gasteiger partial charge in [0.15, 0.2) is 0 Å². The van der Waals surface area contributed by atoms with E-state index in [9.17, 15) is 0 Å². The van der Waals surface area contributed by atoms with Gasteiger partial charge in [0, 0.05) is 5.41 Å². The van der Waals surface area contributed by atoms with Crippen molar-refractivity contribution in [1.29, 1.82) is 0 Å². The van der Waals surface area contributed by atoms with E-state index in [1.54, 1.807) is 7.11 Å². The molecule has 1 heteroatoms. The Hall–Kier alpha value is -4.36. The third-order valence-corrected chi connectivity index (χ3v) is 8.16. The first-order valence-electron chi connectivity index (χ1n) is 12.9. The van der Waals surface area contributed by atoms with Crippen LogP contribution < -0.4 is 4.74 Å². The third-order valence-electron chi connectivity index (χ3n) is 8.16. The zero-order chi connectivity index (χ0) is 25.1. The average molecular weight is 477 g/mol. The molecule has 6 aromatic rings. The summed E-state index contributed by atoms with van der Waals surface area (Å²) in [5, 5.41) is 5.06. The molecule has 178 valence electrons. The maximum absolute atomic E-state index is 5.58. The molecule has 0 radical (unpaired) electrons. The van der Waals surface area contributed by atoms with Gasteiger partial charge in [0.1, 0.15) is 5.75 Å². The first kappa shape index (κ1) is 21.9. The van der Waals surface area contributed by atoms with Gasteiger partial charge >= 0.3 is 0 Å². The van der Waals surface area contributed by atoms with Crippen molar-refractivity contribution in [3.05, 3.63) is 126 Å². The summed E-state index contributed by atoms with van der Waals surface area (Å²) in [5.74, 6) is 0.871. The van der Waals surface area contributed by atoms with E-state index >= 15 is 0 Å². The Morgan fingerprint density at radius 1 is 0.486 bits per heavy atom. The lowest BCUT2D eigenvalue weighted by Gasteiger charge is -2.23. The number of ether oxygens (including phenoxy) is 1. The maximum atomic E-state index is 5.58. The molecule has 1 aliphatic rings. The van der Waals surface area contributed by atoms with E-state index in [-0.39, 0.29) is 5.41 Å². The number of methoxy groups -OCH3 is 1. The van der Waals surface area contributed by atoms with Crippen LogP contribution in [0.4, 0.5) is 0 Å². The van der Waals surface area contributed by atoms with Crippen LogP contribution in [0.3, 0.4) is 0 Å². The van der Waals surface area contributed by atoms with Crippen LogP contribution in [0.5, 0.6) is 5.75 Å². The summed E-state index contributed by atoms with van der Waals surface area (Å²) in [5.41, 5.74) is 10.5. The van der Waals surface area contributed by atoms with Crippen molar-refractivity contribution >= 4 is 21.5 Å². The van der Waals surface area contributed by atoms with E-state index in [0.717, 1.165) is 5.75 Å². The molecular weight excluding hydrogens is 448 g/mol. The number of fused-ring (bicyclic) bond motifs is 5. The predicted molar refractivity (Wildman–Crippen MR) is 156 cm³/mol. The molecule has 7 rings (SSSR count). The molecule has 0 fully saturated rings. The second-order valence-electron chi connectivity index (χ2n) is 10.5. The molecule has 0 aromatic heterocycles. The monoisotopic (exact) mass is 476 g/mol. The molecule has 0 spiro atoms. The van der Waals surface area contributed by atoms with E-state index in [1.807, 2.05) is 6.07 Å². The molecule has 0 bridgehead atoms. The van der Waals surface area contributed by atoms with Gasteiger partial charge in [-0.25, -0.2) is 0 Å². The van der Waals surface area contributed by atoms with Crippen molar-refractivity contribution in [1.82, 2.24) is 0 Å². The van der Waals surface area contributed by atoms with Gasteiger partial charge < -0.3 is 4.74 Å². The van der Waals surface area contributed by atoms with E-state index in [4.69, 9.17) is 4.74 Å². The van der Waals surface area contributed by atoms with Gasteiger partial charge in [-0.1, -0.05) is 111 Å². The molecule has 0 atom stereocenters. The largest absolute Gasteiger partial charge is 0.497 e. The van der Waals surface area contributed by atoms with Crippen molar-refractivity contribution in [2.24, 2.45) is 0 Å². The number of rotatable bonds is 3. The SMILES string of the molecule is COc1cccc(-c2c3ccccc3c(-c3ccc4c(c3)C(C)(C)c3ccccc3-4)c3ccccc23)c1. The van der Waals surface area contributed by atoms with Gasteiger partial charge in [0.2, 0.25) is 0 Å². The van der Waals surface area contributed by atoms with Crippen LogP contribution in [-0.2, 0) is 5.41 Å². The van der Waals surface area contributed by atoms with Gasteiger partial charge in [-0.15, -0.1) is 0 Å². The Morgan fingerprint density at radius 2 is 1.03 bits per heavy atom. The van der Waals surface area contributed by atoms with Crippen LogP contribution >= 0.6 is 0 Å². The highest BCUT2D eigenvalue weighted by atomic mass is 16.5. The first-order valence-corrected chi connectivity index (χ1v) is 12.9. The molecule has 0 N–H and O–H groups in total. The molecular formula is C36H28O. The fourth-order valence-electron chi connectivity index (χ4n) is 6.39. The second-order valence-corrected chi connectivity index (χ2v) is 10.5. The van der Waals surface area contributed by atoms with Crippen LogP contribution in [-0.4, -0.2) is 7.11 Å². The highest BCUT2D eigenvalue weighted by molar-refractivity contribution is 6.21. The van der Waals surface area contributed by atoms with Gasteiger partial charge in [-0.05, 0) is 84.3 Å². The summed E-state index contributed by atoms with van der Waals surface area (Å²) in [7, 11) is 1.73. The van der Waals surface area contributed by atoms with E-state index in [0.29, 0.717) is 0 Å². The first-order chi connectivity index (χ1) is 18.1. The zero-order valence-electron chi connectivity index (χ0n) is 21.4. The molecule has 0 unspecified atom stereocenters. The summed E-state index contributed by atoms with van der Waals surface area (Å²) in [6.45, 7) is 4.70. The summed E-state index contributed by atoms with van der Waals surface area (Å²) in [6.07, 6.45) is 0. The van der Waals surface area contributed by atoms with Crippen molar-refractivity contribution in [2.75, 3.05) is 7.11 Å². The number of hydrogen-bond donors (Lipinski definition) is 0. The summed E-state index contributed by atoms with van der Waals surface area (Å²) < 4.78 is 5.58. The molecule has 6 aromatic carbocycles. The lowest BCUT2D eigenvalue weighted by atomic mass is 9.80. The molecule has 37 heavy (non-hydrogen) atoms. The third kappa shape index (κ3) is 3.17. The molecule has 0 heterocycles. The maximum Gasteiger partial charge on any atom is 0.119 e. The lowest BCUT2D eigenvalue weighted by molar-refractivity contribution is 0.415. The Balaban J connectivity index is 1.55. The quantitative estimate of drug-likeness (QED) is 0.231. The molecule has 0 aliphatic heterocycles. The van der Waals surface area contributed by atoms with Gasteiger partial charge in [0.05, 0.1) is 7.11 Å². The van der Waals surface area contributed by atoms with Crippen molar-refractivity contribution < 1.29 is 4.74 Å². The van der Waals surface area contributed by atoms with E-state index in [2.05, 4.69) is 123 Å². The van der Waals surface area contributed by atoms with Crippen LogP contribution in [0.25, 0.3) is 54.9 Å². The van der Waals surface area contributed by atoms with Crippen LogP contribution in [0.15, 0.2) is 115 Å². The van der Waals surface area contributed by atoms with Crippen molar-refractivity contribution in [2.45, 2.75) is 19.3 Å². The van der Waals surface area contributed by atoms with E-state index in [1.165, 1.54) is 66.1 Å². The van der Waals surface area contributed by atoms with Gasteiger partial charge in [-0.3, -0.25) is 0 Å². The Morgan fingerprint density at radius 3 is 1.65 bits per heavy atom. The molecule has 1 nitrogen and oxygen atoms in total. The topological polar surface area (TPSA) is 9.23 Å². The lowest BCUT2D eigenvalue weighted by Crippen LogP contribution is -2.14. The van der Waals surface area contributed by atoms with Crippen LogP contribution in [0.1, 0.15) is 25.0 Å². The Bertz CT molecular complexity index is 1780. The second kappa shape index (κ2) is 8.08. The predicted octanol–water partition coefficient (Wildman–Crippen LogP) is 9.64. The van der Waals surface area contributed by atoms with Crippen LogP contribution in [0.2, 0.25) is 0 Å². The highest BCUT2D eigenvalue weighted by Gasteiger charge is 2.35. The smallest absolute Gasteiger partial charge is 0.119 e. The Kier molecular flexibility index (Phi) is 4.78. The summed E-state index contributed by atoms with van der Waals surface area (Å²) in [6, 6.07) is 42.0. The summed E-state index contributed by atoms with van der Waals surface area (Å²) >= 11 is 0. The standard InChI is InChI=1S/C36H28O/c1-36(2)32-18-9-8-13-26(32)27-20-19-24(22-33(27)36)35-30-16-6-4-14-28(30)34(29-15-5-7-17-31(29)35)23-11-10-12-25(21-23)37-3/h4-22H,1-3H3. The minimum atomic E-state index is -0.0337. The molecule has 0 amide bonds. The molecule has 1 aliphatic carbocycles. The van der Waals surface area contributed by atoms with Crippen molar-refractivity contribution in [3.63, 3.8) is 0 Å². The molecule has 0 saturated carbocycles. The number of hydrogen-bond acceptors (Lipinski definition) is 1. The minimum absolute atomic E-state index is 0.0337. The number of benzene rings is 6.